The third kappa shape index (κ3) is 2.75. The molecular weight excluding hydrogens is 222 g/mol. The summed E-state index contributed by atoms with van der Waals surface area (Å²) in [6, 6.07) is 0. The number of alkyl halides is 1. The van der Waals surface area contributed by atoms with E-state index in [4.69, 9.17) is 0 Å². The van der Waals surface area contributed by atoms with Crippen molar-refractivity contribution in [3.05, 3.63) is 0 Å². The number of piperidine rings is 1. The zero-order valence-corrected chi connectivity index (χ0v) is 8.59. The lowest BCUT2D eigenvalue weighted by molar-refractivity contribution is -0.133. The molecule has 1 rings (SSSR count). The van der Waals surface area contributed by atoms with E-state index in [9.17, 15) is 9.90 Å². The van der Waals surface area contributed by atoms with Gasteiger partial charge in [-0.3, -0.25) is 4.79 Å². The van der Waals surface area contributed by atoms with Gasteiger partial charge in [0, 0.05) is 24.8 Å². The van der Waals surface area contributed by atoms with Gasteiger partial charge in [0.05, 0.1) is 6.10 Å². The molecule has 0 saturated carbocycles. The van der Waals surface area contributed by atoms with Crippen LogP contribution in [0.25, 0.3) is 0 Å². The molecule has 1 aliphatic heterocycles. The number of nitrogens with zero attached hydrogens (tertiary/aromatic N) is 1. The molecule has 4 heteroatoms. The molecule has 0 unspecified atom stereocenters. The Kier molecular flexibility index (Phi) is 4.01. The summed E-state index contributed by atoms with van der Waals surface area (Å²) in [5, 5.41) is 10.00. The summed E-state index contributed by atoms with van der Waals surface area (Å²) in [5.41, 5.74) is 0. The minimum absolute atomic E-state index is 0.144. The standard InChI is InChI=1S/C8H14BrNO2/c9-4-3-8(12)10-5-1-2-7(11)6-10/h7,11H,1-6H2/t7-/m0/s1. The van der Waals surface area contributed by atoms with Gasteiger partial charge in [0.1, 0.15) is 0 Å². The van der Waals surface area contributed by atoms with Crippen LogP contribution in [-0.4, -0.2) is 40.4 Å². The molecule has 0 spiro atoms. The van der Waals surface area contributed by atoms with Gasteiger partial charge in [-0.15, -0.1) is 0 Å². The number of carbonyl (C=O) groups is 1. The second-order valence-electron chi connectivity index (χ2n) is 3.07. The van der Waals surface area contributed by atoms with Gasteiger partial charge < -0.3 is 10.0 Å². The third-order valence-electron chi connectivity index (χ3n) is 2.06. The number of hydrogen-bond donors (Lipinski definition) is 1. The lowest BCUT2D eigenvalue weighted by atomic mass is 10.1. The van der Waals surface area contributed by atoms with Crippen molar-refractivity contribution < 1.29 is 9.90 Å². The molecule has 1 aliphatic rings. The van der Waals surface area contributed by atoms with E-state index in [1.165, 1.54) is 0 Å². The first-order chi connectivity index (χ1) is 5.74. The molecule has 0 aromatic heterocycles. The zero-order valence-electron chi connectivity index (χ0n) is 7.00. The minimum atomic E-state index is -0.307. The lowest BCUT2D eigenvalue weighted by Gasteiger charge is -2.29. The Hall–Kier alpha value is -0.0900. The number of likely N-dealkylation sites (tertiary alicyclic amines) is 1. The van der Waals surface area contributed by atoms with Crippen molar-refractivity contribution >= 4 is 21.8 Å². The normalized spacial score (nSPS) is 24.2. The Morgan fingerprint density at radius 1 is 1.67 bits per heavy atom. The van der Waals surface area contributed by atoms with Crippen LogP contribution in [0.3, 0.4) is 0 Å². The molecule has 1 N–H and O–H groups in total. The maximum atomic E-state index is 11.3. The number of β-amino-alcohol motifs (C(OH)–C–C–N with tert-alkyl or cyclic N) is 1. The summed E-state index contributed by atoms with van der Waals surface area (Å²) in [6.07, 6.45) is 1.98. The molecule has 12 heavy (non-hydrogen) atoms. The smallest absolute Gasteiger partial charge is 0.223 e. The van der Waals surface area contributed by atoms with Crippen molar-refractivity contribution in [2.24, 2.45) is 0 Å². The molecular formula is C8H14BrNO2. The highest BCUT2D eigenvalue weighted by Crippen LogP contribution is 2.10. The van der Waals surface area contributed by atoms with E-state index < -0.39 is 0 Å². The van der Waals surface area contributed by atoms with E-state index in [0.717, 1.165) is 19.4 Å². The number of halogens is 1. The highest BCUT2D eigenvalue weighted by Gasteiger charge is 2.20. The third-order valence-corrected chi connectivity index (χ3v) is 2.45. The van der Waals surface area contributed by atoms with Crippen LogP contribution in [0.4, 0.5) is 0 Å². The Morgan fingerprint density at radius 2 is 2.42 bits per heavy atom. The fraction of sp³-hybridized carbons (Fsp3) is 0.875. The van der Waals surface area contributed by atoms with E-state index >= 15 is 0 Å². The Balaban J connectivity index is 2.35. The molecule has 0 radical (unpaired) electrons. The Bertz CT molecular complexity index is 163. The average molecular weight is 236 g/mol. The first-order valence-electron chi connectivity index (χ1n) is 4.26. The van der Waals surface area contributed by atoms with Crippen LogP contribution >= 0.6 is 15.9 Å². The molecule has 1 heterocycles. The fourth-order valence-corrected chi connectivity index (χ4v) is 1.76. The number of carbonyl (C=O) groups excluding carboxylic acids is 1. The molecule has 1 fully saturated rings. The SMILES string of the molecule is O=C(CCBr)N1CCC[C@H](O)C1. The highest BCUT2D eigenvalue weighted by molar-refractivity contribution is 9.09. The quantitative estimate of drug-likeness (QED) is 0.719. The molecule has 0 aromatic carbocycles. The van der Waals surface area contributed by atoms with E-state index in [2.05, 4.69) is 15.9 Å². The van der Waals surface area contributed by atoms with Crippen LogP contribution in [0, 0.1) is 0 Å². The van der Waals surface area contributed by atoms with E-state index in [0.29, 0.717) is 18.3 Å². The van der Waals surface area contributed by atoms with Crippen LogP contribution in [0.5, 0.6) is 0 Å². The Labute approximate surface area is 80.9 Å². The zero-order chi connectivity index (χ0) is 8.97. The maximum Gasteiger partial charge on any atom is 0.223 e. The second-order valence-corrected chi connectivity index (χ2v) is 3.87. The molecule has 3 nitrogen and oxygen atoms in total. The minimum Gasteiger partial charge on any atom is -0.391 e. The number of amides is 1. The van der Waals surface area contributed by atoms with Crippen molar-refractivity contribution in [2.45, 2.75) is 25.4 Å². The van der Waals surface area contributed by atoms with Gasteiger partial charge in [-0.2, -0.15) is 0 Å². The predicted octanol–water partition coefficient (Wildman–Crippen LogP) is 0.755. The summed E-state index contributed by atoms with van der Waals surface area (Å²) < 4.78 is 0. The molecule has 0 aliphatic carbocycles. The monoisotopic (exact) mass is 235 g/mol. The van der Waals surface area contributed by atoms with Gasteiger partial charge in [0.15, 0.2) is 0 Å². The van der Waals surface area contributed by atoms with Crippen molar-refractivity contribution in [1.82, 2.24) is 4.90 Å². The second kappa shape index (κ2) is 4.82. The first-order valence-corrected chi connectivity index (χ1v) is 5.38. The maximum absolute atomic E-state index is 11.3. The number of aliphatic hydroxyl groups excluding tert-OH is 1. The topological polar surface area (TPSA) is 40.5 Å². The summed E-state index contributed by atoms with van der Waals surface area (Å²) >= 11 is 3.22. The molecule has 1 atom stereocenters. The van der Waals surface area contributed by atoms with E-state index in [1.54, 1.807) is 4.90 Å². The summed E-state index contributed by atoms with van der Waals surface area (Å²) in [6.45, 7) is 1.33. The van der Waals surface area contributed by atoms with Crippen LogP contribution in [0.15, 0.2) is 0 Å². The molecule has 1 saturated heterocycles. The van der Waals surface area contributed by atoms with E-state index in [1.807, 2.05) is 0 Å². The van der Waals surface area contributed by atoms with Gasteiger partial charge in [-0.05, 0) is 12.8 Å². The van der Waals surface area contributed by atoms with Gasteiger partial charge in [0.2, 0.25) is 5.91 Å². The van der Waals surface area contributed by atoms with Crippen LogP contribution in [-0.2, 0) is 4.79 Å². The first kappa shape index (κ1) is 9.99. The van der Waals surface area contributed by atoms with Crippen LogP contribution in [0.2, 0.25) is 0 Å². The van der Waals surface area contributed by atoms with Crippen molar-refractivity contribution in [2.75, 3.05) is 18.4 Å². The number of aliphatic hydroxyl groups is 1. The molecule has 1 amide bonds. The van der Waals surface area contributed by atoms with Crippen molar-refractivity contribution in [1.29, 1.82) is 0 Å². The fourth-order valence-electron chi connectivity index (χ4n) is 1.42. The van der Waals surface area contributed by atoms with Gasteiger partial charge in [-0.1, -0.05) is 15.9 Å². The van der Waals surface area contributed by atoms with Gasteiger partial charge >= 0.3 is 0 Å². The largest absolute Gasteiger partial charge is 0.391 e. The average Bonchev–Trinajstić information content (AvgIpc) is 2.05. The lowest BCUT2D eigenvalue weighted by Crippen LogP contribution is -2.42. The van der Waals surface area contributed by atoms with E-state index in [-0.39, 0.29) is 12.0 Å². The van der Waals surface area contributed by atoms with Gasteiger partial charge in [-0.25, -0.2) is 0 Å². The summed E-state index contributed by atoms with van der Waals surface area (Å²) in [5.74, 6) is 0.144. The van der Waals surface area contributed by atoms with Crippen molar-refractivity contribution in [3.63, 3.8) is 0 Å². The summed E-state index contributed by atoms with van der Waals surface area (Å²) in [4.78, 5) is 13.1. The van der Waals surface area contributed by atoms with Crippen LogP contribution < -0.4 is 0 Å². The summed E-state index contributed by atoms with van der Waals surface area (Å²) in [7, 11) is 0. The molecule has 0 aromatic rings. The van der Waals surface area contributed by atoms with Gasteiger partial charge in [0.25, 0.3) is 0 Å². The Morgan fingerprint density at radius 3 is 3.00 bits per heavy atom. The predicted molar refractivity (Wildman–Crippen MR) is 50.2 cm³/mol. The number of rotatable bonds is 2. The molecule has 0 bridgehead atoms. The molecule has 70 valence electrons. The highest BCUT2D eigenvalue weighted by atomic mass is 79.9. The van der Waals surface area contributed by atoms with Crippen molar-refractivity contribution in [3.8, 4) is 0 Å². The van der Waals surface area contributed by atoms with Crippen LogP contribution in [0.1, 0.15) is 19.3 Å². The number of hydrogen-bond acceptors (Lipinski definition) is 2.